The molecule has 0 saturated heterocycles. The summed E-state index contributed by atoms with van der Waals surface area (Å²) in [5.74, 6) is 1.53. The normalized spacial score (nSPS) is 9.48. The van der Waals surface area contributed by atoms with E-state index in [0.29, 0.717) is 38.1 Å². The van der Waals surface area contributed by atoms with E-state index in [1.807, 2.05) is 36.9 Å². The van der Waals surface area contributed by atoms with Gasteiger partial charge in [-0.2, -0.15) is 0 Å². The van der Waals surface area contributed by atoms with E-state index < -0.39 is 0 Å². The van der Waals surface area contributed by atoms with Gasteiger partial charge in [-0.05, 0) is 29.5 Å². The van der Waals surface area contributed by atoms with Gasteiger partial charge < -0.3 is 14.4 Å². The fourth-order valence-corrected chi connectivity index (χ4v) is 2.30. The van der Waals surface area contributed by atoms with Crippen LogP contribution in [0.25, 0.3) is 0 Å². The van der Waals surface area contributed by atoms with Gasteiger partial charge in [0.2, 0.25) is 5.91 Å². The van der Waals surface area contributed by atoms with Crippen LogP contribution in [0.15, 0.2) is 41.9 Å². The van der Waals surface area contributed by atoms with Gasteiger partial charge in [0.25, 0.3) is 0 Å². The summed E-state index contributed by atoms with van der Waals surface area (Å²) in [6.45, 7) is 12.6. The average Bonchev–Trinajstić information content (AvgIpc) is 2.64. The Kier molecular flexibility index (Phi) is 12.6. The maximum Gasteiger partial charge on any atom is 0.223 e. The number of nitrogens with zero attached hydrogens (tertiary/aromatic N) is 1. The van der Waals surface area contributed by atoms with Crippen LogP contribution >= 0.6 is 15.9 Å². The molecule has 140 valence electrons. The molecule has 0 heterocycles. The number of carbonyl (C=O) groups is 1. The Labute approximate surface area is 160 Å². The lowest BCUT2D eigenvalue weighted by atomic mass is 10.1. The number of ether oxygens (including phenoxy) is 2. The van der Waals surface area contributed by atoms with Crippen LogP contribution in [0, 0.1) is 0 Å². The van der Waals surface area contributed by atoms with Crippen LogP contribution in [0.5, 0.6) is 11.5 Å². The Hall–Kier alpha value is -1.75. The van der Waals surface area contributed by atoms with Crippen molar-refractivity contribution >= 4 is 21.8 Å². The first-order valence-electron chi connectivity index (χ1n) is 8.44. The molecule has 0 spiro atoms. The fraction of sp³-hybridized carbons (Fsp3) is 0.450. The van der Waals surface area contributed by atoms with Crippen LogP contribution in [-0.2, 0) is 11.3 Å². The number of methoxy groups -OCH3 is 2. The molecule has 0 aliphatic heterocycles. The van der Waals surface area contributed by atoms with Gasteiger partial charge in [0.1, 0.15) is 11.5 Å². The first-order valence-corrected chi connectivity index (χ1v) is 9.24. The number of rotatable bonds is 10. The predicted molar refractivity (Wildman–Crippen MR) is 108 cm³/mol. The highest BCUT2D eigenvalue weighted by molar-refractivity contribution is 9.11. The highest BCUT2D eigenvalue weighted by Crippen LogP contribution is 2.26. The zero-order valence-electron chi connectivity index (χ0n) is 15.8. The summed E-state index contributed by atoms with van der Waals surface area (Å²) in [5.41, 5.74) is 0.945. The summed E-state index contributed by atoms with van der Waals surface area (Å²) >= 11 is 3.35. The van der Waals surface area contributed by atoms with Crippen molar-refractivity contribution in [2.24, 2.45) is 0 Å². The quantitative estimate of drug-likeness (QED) is 0.488. The lowest BCUT2D eigenvalue weighted by Gasteiger charge is -2.24. The average molecular weight is 412 g/mol. The van der Waals surface area contributed by atoms with Crippen molar-refractivity contribution in [1.82, 2.24) is 4.90 Å². The van der Waals surface area contributed by atoms with E-state index >= 15 is 0 Å². The zero-order valence-corrected chi connectivity index (χ0v) is 17.4. The van der Waals surface area contributed by atoms with Crippen molar-refractivity contribution < 1.29 is 14.3 Å². The highest BCUT2D eigenvalue weighted by Gasteiger charge is 2.16. The topological polar surface area (TPSA) is 38.8 Å². The molecule has 0 atom stereocenters. The number of benzene rings is 1. The molecule has 0 aromatic heterocycles. The number of allylic oxidation sites excluding steroid dienone is 1. The Morgan fingerprint density at radius 1 is 1.24 bits per heavy atom. The largest absolute Gasteiger partial charge is 0.497 e. The van der Waals surface area contributed by atoms with E-state index in [0.717, 1.165) is 15.8 Å². The summed E-state index contributed by atoms with van der Waals surface area (Å²) < 4.78 is 11.5. The smallest absolute Gasteiger partial charge is 0.223 e. The minimum atomic E-state index is 0.0940. The van der Waals surface area contributed by atoms with Gasteiger partial charge in [-0.1, -0.05) is 42.4 Å². The second-order valence-corrected chi connectivity index (χ2v) is 6.21. The van der Waals surface area contributed by atoms with Gasteiger partial charge in [0, 0.05) is 31.1 Å². The van der Waals surface area contributed by atoms with Crippen LogP contribution in [-0.4, -0.2) is 31.6 Å². The minimum absolute atomic E-state index is 0.0940. The number of amides is 1. The molecule has 1 aromatic rings. The lowest BCUT2D eigenvalue weighted by molar-refractivity contribution is -0.131. The first kappa shape index (κ1) is 23.2. The molecule has 0 aliphatic carbocycles. The van der Waals surface area contributed by atoms with Gasteiger partial charge in [0.15, 0.2) is 0 Å². The summed E-state index contributed by atoms with van der Waals surface area (Å²) in [4.78, 5) is 14.2. The van der Waals surface area contributed by atoms with Crippen molar-refractivity contribution in [3.63, 3.8) is 0 Å². The van der Waals surface area contributed by atoms with Gasteiger partial charge >= 0.3 is 0 Å². The molecule has 0 aliphatic rings. The molecule has 0 unspecified atom stereocenters. The Balaban J connectivity index is 0.00000277. The second-order valence-electron chi connectivity index (χ2n) is 5.09. The number of carbonyl (C=O) groups excluding carboxylic acids is 1. The maximum absolute atomic E-state index is 12.4. The van der Waals surface area contributed by atoms with E-state index in [-0.39, 0.29) is 5.91 Å². The lowest BCUT2D eigenvalue weighted by Crippen LogP contribution is -2.31. The van der Waals surface area contributed by atoms with Gasteiger partial charge in [-0.3, -0.25) is 4.79 Å². The van der Waals surface area contributed by atoms with E-state index in [2.05, 4.69) is 29.1 Å². The van der Waals surface area contributed by atoms with E-state index in [1.54, 1.807) is 20.3 Å². The standard InChI is InChI=1S/C18H24BrNO3.C2H6/c1-5-6-7-18(21)20(11-10-14(2)19)13-15-8-9-16(22-3)12-17(15)23-4;1-2/h5,8-9,12H,1-2,6-7,10-11,13H2,3-4H3;1-2H3. The molecule has 1 amide bonds. The van der Waals surface area contributed by atoms with E-state index in [9.17, 15) is 4.79 Å². The van der Waals surface area contributed by atoms with Gasteiger partial charge in [0.05, 0.1) is 14.2 Å². The Morgan fingerprint density at radius 3 is 2.44 bits per heavy atom. The molecule has 1 aromatic carbocycles. The van der Waals surface area contributed by atoms with E-state index in [1.165, 1.54) is 0 Å². The Morgan fingerprint density at radius 2 is 1.92 bits per heavy atom. The summed E-state index contributed by atoms with van der Waals surface area (Å²) in [6.07, 6.45) is 3.59. The van der Waals surface area contributed by atoms with Gasteiger partial charge in [-0.25, -0.2) is 0 Å². The van der Waals surface area contributed by atoms with Crippen molar-refractivity contribution in [1.29, 1.82) is 0 Å². The molecule has 1 rings (SSSR count). The van der Waals surface area contributed by atoms with Crippen molar-refractivity contribution in [2.45, 2.75) is 39.7 Å². The summed E-state index contributed by atoms with van der Waals surface area (Å²) in [7, 11) is 3.23. The van der Waals surface area contributed by atoms with Crippen molar-refractivity contribution in [3.8, 4) is 11.5 Å². The monoisotopic (exact) mass is 411 g/mol. The number of halogens is 1. The maximum atomic E-state index is 12.4. The molecule has 0 fully saturated rings. The van der Waals surface area contributed by atoms with Gasteiger partial charge in [-0.15, -0.1) is 6.58 Å². The fourth-order valence-electron chi connectivity index (χ4n) is 2.12. The molecule has 0 N–H and O–H groups in total. The van der Waals surface area contributed by atoms with Crippen LogP contribution < -0.4 is 9.47 Å². The molecule has 25 heavy (non-hydrogen) atoms. The van der Waals surface area contributed by atoms with Crippen molar-refractivity contribution in [3.05, 3.63) is 47.5 Å². The third-order valence-corrected chi connectivity index (χ3v) is 3.82. The highest BCUT2D eigenvalue weighted by atomic mass is 79.9. The third-order valence-electron chi connectivity index (χ3n) is 3.42. The first-order chi connectivity index (χ1) is 12.0. The Bertz CT molecular complexity index is 558. The van der Waals surface area contributed by atoms with Crippen LogP contribution in [0.4, 0.5) is 0 Å². The number of hydrogen-bond donors (Lipinski definition) is 0. The molecule has 0 radical (unpaired) electrons. The van der Waals surface area contributed by atoms with Crippen molar-refractivity contribution in [2.75, 3.05) is 20.8 Å². The molecule has 0 bridgehead atoms. The number of hydrogen-bond acceptors (Lipinski definition) is 3. The molecule has 5 heteroatoms. The molecule has 4 nitrogen and oxygen atoms in total. The third kappa shape index (κ3) is 8.77. The molecule has 0 saturated carbocycles. The minimum Gasteiger partial charge on any atom is -0.497 e. The van der Waals surface area contributed by atoms with Crippen LogP contribution in [0.2, 0.25) is 0 Å². The predicted octanol–water partition coefficient (Wildman–Crippen LogP) is 5.32. The molecular formula is C20H30BrNO3. The molecular weight excluding hydrogens is 382 g/mol. The SMILES string of the molecule is C=CCCC(=O)N(CCC(=C)Br)Cc1ccc(OC)cc1OC.CC. The summed E-state index contributed by atoms with van der Waals surface area (Å²) in [6, 6.07) is 5.62. The van der Waals surface area contributed by atoms with Crippen LogP contribution in [0.1, 0.15) is 38.7 Å². The van der Waals surface area contributed by atoms with E-state index in [4.69, 9.17) is 9.47 Å². The second kappa shape index (κ2) is 13.5. The zero-order chi connectivity index (χ0) is 19.2. The summed E-state index contributed by atoms with van der Waals surface area (Å²) in [5, 5.41) is 0. The van der Waals surface area contributed by atoms with Crippen LogP contribution in [0.3, 0.4) is 0 Å².